The van der Waals surface area contributed by atoms with E-state index in [9.17, 15) is 9.59 Å². The third-order valence-corrected chi connectivity index (χ3v) is 4.29. The molecule has 0 aliphatic carbocycles. The molecular formula is C17H22N3O3+. The van der Waals surface area contributed by atoms with Crippen LogP contribution in [0.3, 0.4) is 0 Å². The first-order valence-corrected chi connectivity index (χ1v) is 7.98. The maximum absolute atomic E-state index is 12.5. The van der Waals surface area contributed by atoms with Crippen LogP contribution in [0.1, 0.15) is 16.1 Å². The molecule has 2 aromatic rings. The van der Waals surface area contributed by atoms with Gasteiger partial charge in [0.15, 0.2) is 0 Å². The molecule has 6 nitrogen and oxygen atoms in total. The van der Waals surface area contributed by atoms with Crippen molar-refractivity contribution >= 4 is 22.6 Å². The van der Waals surface area contributed by atoms with Crippen LogP contribution in [0.2, 0.25) is 0 Å². The summed E-state index contributed by atoms with van der Waals surface area (Å²) < 4.78 is 5.30. The predicted octanol–water partition coefficient (Wildman–Crippen LogP) is -0.310. The van der Waals surface area contributed by atoms with E-state index in [1.54, 1.807) is 0 Å². The van der Waals surface area contributed by atoms with Gasteiger partial charge in [0.25, 0.3) is 11.7 Å². The van der Waals surface area contributed by atoms with Crippen molar-refractivity contribution < 1.29 is 19.2 Å². The third-order valence-electron chi connectivity index (χ3n) is 4.29. The molecule has 3 rings (SSSR count). The van der Waals surface area contributed by atoms with Gasteiger partial charge in [-0.25, -0.2) is 0 Å². The molecule has 1 aliphatic heterocycles. The number of fused-ring (bicyclic) bond motifs is 1. The summed E-state index contributed by atoms with van der Waals surface area (Å²) in [5, 5.41) is 3.54. The van der Waals surface area contributed by atoms with Crippen LogP contribution in [0.5, 0.6) is 0 Å². The molecule has 1 aliphatic rings. The Hall–Kier alpha value is -2.18. The number of amides is 1. The molecule has 122 valence electrons. The van der Waals surface area contributed by atoms with Crippen molar-refractivity contribution in [1.82, 2.24) is 10.3 Å². The highest BCUT2D eigenvalue weighted by Gasteiger charge is 2.22. The number of H-pyrrole nitrogens is 1. The summed E-state index contributed by atoms with van der Waals surface area (Å²) in [6, 6.07) is 7.53. The summed E-state index contributed by atoms with van der Waals surface area (Å²) in [5.74, 6) is -1.01. The summed E-state index contributed by atoms with van der Waals surface area (Å²) >= 11 is 0. The van der Waals surface area contributed by atoms with Crippen LogP contribution in [0.4, 0.5) is 0 Å². The summed E-state index contributed by atoms with van der Waals surface area (Å²) in [6.07, 6.45) is 0. The number of Topliss-reactive ketones (excluding diaryl/α,β-unsaturated/α-hetero) is 1. The van der Waals surface area contributed by atoms with Crippen LogP contribution < -0.4 is 10.2 Å². The van der Waals surface area contributed by atoms with E-state index in [0.717, 1.165) is 49.4 Å². The van der Waals surface area contributed by atoms with Crippen molar-refractivity contribution in [3.8, 4) is 0 Å². The molecular weight excluding hydrogens is 294 g/mol. The number of benzene rings is 1. The first-order valence-electron chi connectivity index (χ1n) is 7.98. The number of rotatable bonds is 5. The maximum Gasteiger partial charge on any atom is 0.292 e. The lowest BCUT2D eigenvalue weighted by atomic mass is 10.1. The first-order chi connectivity index (χ1) is 11.2. The Kier molecular flexibility index (Phi) is 4.73. The molecule has 0 radical (unpaired) electrons. The number of hydrogen-bond donors (Lipinski definition) is 3. The van der Waals surface area contributed by atoms with Crippen LogP contribution in [0.15, 0.2) is 24.3 Å². The van der Waals surface area contributed by atoms with Crippen molar-refractivity contribution in [2.24, 2.45) is 0 Å². The number of hydrogen-bond acceptors (Lipinski definition) is 3. The van der Waals surface area contributed by atoms with Crippen molar-refractivity contribution in [3.05, 3.63) is 35.5 Å². The van der Waals surface area contributed by atoms with E-state index in [1.165, 1.54) is 4.90 Å². The molecule has 1 aromatic heterocycles. The number of para-hydroxylation sites is 1. The predicted molar refractivity (Wildman–Crippen MR) is 86.8 cm³/mol. The highest BCUT2D eigenvalue weighted by Crippen LogP contribution is 2.22. The summed E-state index contributed by atoms with van der Waals surface area (Å²) in [5.41, 5.74) is 2.07. The number of morpholine rings is 1. The van der Waals surface area contributed by atoms with Gasteiger partial charge in [0.05, 0.1) is 31.9 Å². The van der Waals surface area contributed by atoms with Gasteiger partial charge in [-0.2, -0.15) is 0 Å². The van der Waals surface area contributed by atoms with E-state index >= 15 is 0 Å². The Morgan fingerprint density at radius 2 is 2.00 bits per heavy atom. The highest BCUT2D eigenvalue weighted by molar-refractivity contribution is 6.45. The zero-order valence-corrected chi connectivity index (χ0v) is 13.3. The molecule has 0 atom stereocenters. The number of nitrogens with one attached hydrogen (secondary N) is 3. The minimum absolute atomic E-state index is 0.469. The minimum Gasteiger partial charge on any atom is -0.370 e. The van der Waals surface area contributed by atoms with Gasteiger partial charge >= 0.3 is 0 Å². The fourth-order valence-corrected chi connectivity index (χ4v) is 3.03. The largest absolute Gasteiger partial charge is 0.370 e. The van der Waals surface area contributed by atoms with Crippen molar-refractivity contribution in [1.29, 1.82) is 0 Å². The average Bonchev–Trinajstić information content (AvgIpc) is 2.90. The summed E-state index contributed by atoms with van der Waals surface area (Å²) in [4.78, 5) is 29.2. The lowest BCUT2D eigenvalue weighted by molar-refractivity contribution is -0.906. The van der Waals surface area contributed by atoms with E-state index in [-0.39, 0.29) is 0 Å². The Morgan fingerprint density at radius 1 is 1.26 bits per heavy atom. The molecule has 1 saturated heterocycles. The number of aryl methyl sites for hydroxylation is 1. The molecule has 1 fully saturated rings. The quantitative estimate of drug-likeness (QED) is 0.523. The van der Waals surface area contributed by atoms with E-state index in [2.05, 4.69) is 10.3 Å². The molecule has 1 aromatic carbocycles. The lowest BCUT2D eigenvalue weighted by Crippen LogP contribution is -3.14. The number of aromatic nitrogens is 1. The number of ketones is 1. The van der Waals surface area contributed by atoms with E-state index in [1.807, 2.05) is 31.2 Å². The van der Waals surface area contributed by atoms with Crippen LogP contribution >= 0.6 is 0 Å². The second-order valence-electron chi connectivity index (χ2n) is 5.87. The molecule has 0 spiro atoms. The van der Waals surface area contributed by atoms with Gasteiger partial charge < -0.3 is 19.9 Å². The van der Waals surface area contributed by atoms with E-state index in [0.29, 0.717) is 12.1 Å². The fourth-order valence-electron chi connectivity index (χ4n) is 3.03. The smallest absolute Gasteiger partial charge is 0.292 e. The van der Waals surface area contributed by atoms with Crippen LogP contribution in [-0.4, -0.2) is 56.1 Å². The maximum atomic E-state index is 12.5. The standard InChI is InChI=1S/C17H21N3O3/c1-12-15(13-4-2-3-5-14(13)19-12)16(21)17(22)18-6-7-20-8-10-23-11-9-20/h2-5,19H,6-11H2,1H3,(H,18,22)/p+1. The third kappa shape index (κ3) is 3.43. The van der Waals surface area contributed by atoms with Gasteiger partial charge in [0.1, 0.15) is 13.1 Å². The van der Waals surface area contributed by atoms with Gasteiger partial charge in [0.2, 0.25) is 0 Å². The number of aromatic amines is 1. The number of ether oxygens (including phenoxy) is 1. The average molecular weight is 316 g/mol. The number of carbonyl (C=O) groups excluding carboxylic acids is 2. The van der Waals surface area contributed by atoms with Gasteiger partial charge in [-0.3, -0.25) is 9.59 Å². The van der Waals surface area contributed by atoms with E-state index < -0.39 is 11.7 Å². The molecule has 23 heavy (non-hydrogen) atoms. The molecule has 2 heterocycles. The lowest BCUT2D eigenvalue weighted by Gasteiger charge is -2.23. The minimum atomic E-state index is -0.537. The number of carbonyl (C=O) groups is 2. The number of quaternary nitrogens is 1. The first kappa shape index (κ1) is 15.7. The van der Waals surface area contributed by atoms with Crippen LogP contribution in [0.25, 0.3) is 10.9 Å². The van der Waals surface area contributed by atoms with Gasteiger partial charge in [-0.1, -0.05) is 18.2 Å². The monoisotopic (exact) mass is 316 g/mol. The topological polar surface area (TPSA) is 75.6 Å². The van der Waals surface area contributed by atoms with Gasteiger partial charge in [-0.05, 0) is 13.0 Å². The Bertz CT molecular complexity index is 717. The van der Waals surface area contributed by atoms with Crippen LogP contribution in [-0.2, 0) is 9.53 Å². The second kappa shape index (κ2) is 6.93. The molecule has 6 heteroatoms. The Morgan fingerprint density at radius 3 is 2.78 bits per heavy atom. The van der Waals surface area contributed by atoms with Crippen molar-refractivity contribution in [2.45, 2.75) is 6.92 Å². The zero-order chi connectivity index (χ0) is 16.2. The van der Waals surface area contributed by atoms with Gasteiger partial charge in [0, 0.05) is 16.6 Å². The Labute approximate surface area is 134 Å². The molecule has 1 amide bonds. The highest BCUT2D eigenvalue weighted by atomic mass is 16.5. The normalized spacial score (nSPS) is 15.7. The van der Waals surface area contributed by atoms with Crippen molar-refractivity contribution in [3.63, 3.8) is 0 Å². The second-order valence-corrected chi connectivity index (χ2v) is 5.87. The SMILES string of the molecule is Cc1[nH]c2ccccc2c1C(=O)C(=O)NCC[NH+]1CCOCC1. The fraction of sp³-hybridized carbons (Fsp3) is 0.412. The van der Waals surface area contributed by atoms with Crippen LogP contribution in [0, 0.1) is 6.92 Å². The summed E-state index contributed by atoms with van der Waals surface area (Å²) in [7, 11) is 0. The zero-order valence-electron chi connectivity index (χ0n) is 13.3. The molecule has 0 saturated carbocycles. The summed E-state index contributed by atoms with van der Waals surface area (Å²) in [6.45, 7) is 6.55. The molecule has 0 bridgehead atoms. The van der Waals surface area contributed by atoms with E-state index in [4.69, 9.17) is 4.74 Å². The van der Waals surface area contributed by atoms with Crippen molar-refractivity contribution in [2.75, 3.05) is 39.4 Å². The van der Waals surface area contributed by atoms with Gasteiger partial charge in [-0.15, -0.1) is 0 Å². The molecule has 3 N–H and O–H groups in total. The molecule has 0 unspecified atom stereocenters. The Balaban J connectivity index is 1.62.